The van der Waals surface area contributed by atoms with Gasteiger partial charge in [0.2, 0.25) is 0 Å². The molecule has 0 amide bonds. The fourth-order valence-corrected chi connectivity index (χ4v) is 4.62. The molecule has 9 nitrogen and oxygen atoms in total. The zero-order valence-corrected chi connectivity index (χ0v) is 20.8. The monoisotopic (exact) mass is 529 g/mol. The highest BCUT2D eigenvalue weighted by molar-refractivity contribution is 5.97. The average molecular weight is 530 g/mol. The summed E-state index contributed by atoms with van der Waals surface area (Å²) < 4.78 is 19.9. The number of phenolic OH excluding ortho intramolecular Hbond substituents is 1. The summed E-state index contributed by atoms with van der Waals surface area (Å²) >= 11 is 0. The maximum atomic E-state index is 14.0. The summed E-state index contributed by atoms with van der Waals surface area (Å²) in [6, 6.07) is 17.6. The van der Waals surface area contributed by atoms with Crippen molar-refractivity contribution in [2.24, 2.45) is 0 Å². The lowest BCUT2D eigenvalue weighted by atomic mass is 10.1. The summed E-state index contributed by atoms with van der Waals surface area (Å²) in [5, 5.41) is 18.2. The van der Waals surface area contributed by atoms with E-state index in [9.17, 15) is 9.50 Å². The van der Waals surface area contributed by atoms with E-state index in [0.29, 0.717) is 51.7 Å². The number of pyridine rings is 3. The van der Waals surface area contributed by atoms with Gasteiger partial charge >= 0.3 is 0 Å². The van der Waals surface area contributed by atoms with Crippen LogP contribution in [0.15, 0.2) is 91.6 Å². The summed E-state index contributed by atoms with van der Waals surface area (Å²) in [7, 11) is 0. The number of H-pyrrole nitrogens is 2. The zero-order chi connectivity index (χ0) is 27.1. The smallest absolute Gasteiger partial charge is 0.159 e. The Labute approximate surface area is 226 Å². The van der Waals surface area contributed by atoms with E-state index >= 15 is 0 Å². The molecule has 3 N–H and O–H groups in total. The van der Waals surface area contributed by atoms with Crippen LogP contribution in [-0.4, -0.2) is 40.2 Å². The molecule has 0 aliphatic heterocycles. The van der Waals surface area contributed by atoms with Crippen LogP contribution in [0.3, 0.4) is 0 Å². The largest absolute Gasteiger partial charge is 0.508 e. The van der Waals surface area contributed by atoms with E-state index in [2.05, 4.69) is 30.1 Å². The average Bonchev–Trinajstić information content (AvgIpc) is 3.60. The van der Waals surface area contributed by atoms with Crippen molar-refractivity contribution in [2.75, 3.05) is 0 Å². The number of nitrogens with one attached hydrogen (secondary N) is 2. The van der Waals surface area contributed by atoms with Crippen molar-refractivity contribution >= 4 is 21.9 Å². The highest BCUT2D eigenvalue weighted by Gasteiger charge is 2.17. The maximum Gasteiger partial charge on any atom is 0.159 e. The Hall–Kier alpha value is -5.64. The minimum absolute atomic E-state index is 0.176. The number of fused-ring (bicyclic) bond motifs is 2. The van der Waals surface area contributed by atoms with Gasteiger partial charge in [0.25, 0.3) is 0 Å². The fraction of sp³-hybridized carbons (Fsp3) is 0.0333. The molecule has 10 heteroatoms. The van der Waals surface area contributed by atoms with Gasteiger partial charge in [-0.25, -0.2) is 9.37 Å². The van der Waals surface area contributed by atoms with E-state index in [1.165, 1.54) is 12.1 Å². The summed E-state index contributed by atoms with van der Waals surface area (Å²) in [6.07, 6.45) is 8.35. The van der Waals surface area contributed by atoms with E-state index < -0.39 is 5.82 Å². The molecule has 0 radical (unpaired) electrons. The Morgan fingerprint density at radius 2 is 1.73 bits per heavy atom. The number of benzene rings is 2. The van der Waals surface area contributed by atoms with Crippen molar-refractivity contribution in [1.29, 1.82) is 0 Å². The Bertz CT molecular complexity index is 1980. The Kier molecular flexibility index (Phi) is 5.63. The number of nitrogens with zero attached hydrogens (tertiary/aromatic N) is 5. The van der Waals surface area contributed by atoms with Gasteiger partial charge in [-0.15, -0.1) is 0 Å². The molecule has 0 atom stereocenters. The molecular formula is C30H20FN7O2. The molecule has 7 rings (SSSR count). The van der Waals surface area contributed by atoms with Crippen molar-refractivity contribution in [3.05, 3.63) is 103 Å². The Morgan fingerprint density at radius 3 is 2.60 bits per heavy atom. The number of imidazole rings is 1. The second kappa shape index (κ2) is 9.59. The van der Waals surface area contributed by atoms with Gasteiger partial charge in [0.05, 0.1) is 40.8 Å². The minimum Gasteiger partial charge on any atom is -0.508 e. The van der Waals surface area contributed by atoms with Crippen molar-refractivity contribution < 1.29 is 14.2 Å². The normalized spacial score (nSPS) is 11.3. The van der Waals surface area contributed by atoms with Crippen LogP contribution < -0.4 is 4.74 Å². The maximum absolute atomic E-state index is 14.0. The van der Waals surface area contributed by atoms with E-state index in [0.717, 1.165) is 28.1 Å². The van der Waals surface area contributed by atoms with Crippen LogP contribution in [0.1, 0.15) is 5.56 Å². The van der Waals surface area contributed by atoms with Gasteiger partial charge in [-0.05, 0) is 35.4 Å². The van der Waals surface area contributed by atoms with Gasteiger partial charge in [-0.1, -0.05) is 30.3 Å². The molecule has 0 aliphatic rings. The van der Waals surface area contributed by atoms with E-state index in [-0.39, 0.29) is 5.75 Å². The first-order chi connectivity index (χ1) is 19.6. The first-order valence-electron chi connectivity index (χ1n) is 12.4. The topological polar surface area (TPSA) is 125 Å². The molecule has 5 heterocycles. The molecule has 0 bridgehead atoms. The summed E-state index contributed by atoms with van der Waals surface area (Å²) in [4.78, 5) is 21.2. The molecule has 0 unspecified atom stereocenters. The van der Waals surface area contributed by atoms with Crippen LogP contribution in [0.25, 0.3) is 55.8 Å². The zero-order valence-electron chi connectivity index (χ0n) is 20.8. The number of hydrogen-bond acceptors (Lipinski definition) is 7. The fourth-order valence-electron chi connectivity index (χ4n) is 4.62. The number of aromatic nitrogens is 7. The molecular weight excluding hydrogens is 509 g/mol. The summed E-state index contributed by atoms with van der Waals surface area (Å²) in [6.45, 7) is 0.433. The molecule has 40 heavy (non-hydrogen) atoms. The third kappa shape index (κ3) is 4.37. The van der Waals surface area contributed by atoms with Gasteiger partial charge in [-0.3, -0.25) is 20.1 Å². The van der Waals surface area contributed by atoms with Crippen molar-refractivity contribution in [2.45, 2.75) is 6.61 Å². The number of aromatic hydroxyl groups is 1. The number of hydrogen-bond donors (Lipinski definition) is 3. The van der Waals surface area contributed by atoms with Crippen LogP contribution >= 0.6 is 0 Å². The Morgan fingerprint density at radius 1 is 0.850 bits per heavy atom. The van der Waals surface area contributed by atoms with Gasteiger partial charge in [0.1, 0.15) is 29.6 Å². The minimum atomic E-state index is -0.551. The van der Waals surface area contributed by atoms with Crippen LogP contribution in [0.5, 0.6) is 11.5 Å². The van der Waals surface area contributed by atoms with Crippen molar-refractivity contribution in [1.82, 2.24) is 35.1 Å². The molecule has 194 valence electrons. The lowest BCUT2D eigenvalue weighted by Gasteiger charge is -2.08. The van der Waals surface area contributed by atoms with E-state index in [1.54, 1.807) is 31.0 Å². The van der Waals surface area contributed by atoms with E-state index in [4.69, 9.17) is 9.72 Å². The van der Waals surface area contributed by atoms with E-state index in [1.807, 2.05) is 42.5 Å². The molecule has 0 aliphatic carbocycles. The number of rotatable bonds is 6. The highest BCUT2D eigenvalue weighted by Crippen LogP contribution is 2.33. The second-order valence-electron chi connectivity index (χ2n) is 9.24. The van der Waals surface area contributed by atoms with Crippen molar-refractivity contribution in [3.63, 3.8) is 0 Å². The predicted octanol–water partition coefficient (Wildman–Crippen LogP) is 6.05. The molecule has 0 saturated carbocycles. The quantitative estimate of drug-likeness (QED) is 0.239. The van der Waals surface area contributed by atoms with Gasteiger partial charge in [-0.2, -0.15) is 5.10 Å². The number of phenols is 1. The molecule has 5 aromatic heterocycles. The van der Waals surface area contributed by atoms with Crippen molar-refractivity contribution in [3.8, 4) is 45.4 Å². The first-order valence-corrected chi connectivity index (χ1v) is 12.4. The summed E-state index contributed by atoms with van der Waals surface area (Å²) in [5.74, 6) is 0.415. The van der Waals surface area contributed by atoms with Crippen LogP contribution in [-0.2, 0) is 6.61 Å². The predicted molar refractivity (Wildman–Crippen MR) is 148 cm³/mol. The van der Waals surface area contributed by atoms with Crippen LogP contribution in [0, 0.1) is 5.82 Å². The van der Waals surface area contributed by atoms with Crippen LogP contribution in [0.4, 0.5) is 4.39 Å². The SMILES string of the molecule is Oc1cc(F)cc(-c2cncc3[nH]c(-c4n[nH]c5cnc(-c6cncc(OCc7ccccc7)c6)cc45)nc23)c1. The van der Waals surface area contributed by atoms with Gasteiger partial charge < -0.3 is 14.8 Å². The number of halogens is 1. The summed E-state index contributed by atoms with van der Waals surface area (Å²) in [5.41, 5.74) is 6.15. The Balaban J connectivity index is 1.25. The van der Waals surface area contributed by atoms with Crippen LogP contribution in [0.2, 0.25) is 0 Å². The molecule has 2 aromatic carbocycles. The molecule has 0 spiro atoms. The second-order valence-corrected chi connectivity index (χ2v) is 9.24. The number of ether oxygens (including phenoxy) is 1. The number of aromatic amines is 2. The third-order valence-corrected chi connectivity index (χ3v) is 6.52. The molecule has 0 saturated heterocycles. The van der Waals surface area contributed by atoms with Gasteiger partial charge in [0, 0.05) is 35.0 Å². The third-order valence-electron chi connectivity index (χ3n) is 6.52. The standard InChI is InChI=1S/C30H20FN7O2/c31-20-6-18(7-21(39)9-20)24-13-33-14-27-28(24)36-30(35-27)29-23-10-25(34-15-26(23)37-38-29)19-8-22(12-32-11-19)40-16-17-4-2-1-3-5-17/h1-15,39H,16H2,(H,35,36)(H,37,38). The molecule has 7 aromatic rings. The highest BCUT2D eigenvalue weighted by atomic mass is 19.1. The van der Waals surface area contributed by atoms with Gasteiger partial charge in [0.15, 0.2) is 5.82 Å². The molecule has 0 fully saturated rings. The first kappa shape index (κ1) is 23.5. The lowest BCUT2D eigenvalue weighted by Crippen LogP contribution is -1.96. The lowest BCUT2D eigenvalue weighted by molar-refractivity contribution is 0.305.